The summed E-state index contributed by atoms with van der Waals surface area (Å²) in [6.07, 6.45) is -3.31. The zero-order chi connectivity index (χ0) is 18.6. The lowest BCUT2D eigenvalue weighted by Gasteiger charge is -2.17. The Balaban J connectivity index is 2.26. The number of hydrogen-bond donors (Lipinski definition) is 3. The second-order valence-corrected chi connectivity index (χ2v) is 5.71. The Morgan fingerprint density at radius 2 is 1.96 bits per heavy atom. The number of alkyl halides is 3. The largest absolute Gasteiger partial charge is 0.417 e. The van der Waals surface area contributed by atoms with Crippen molar-refractivity contribution in [1.29, 1.82) is 0 Å². The first-order valence-corrected chi connectivity index (χ1v) is 7.60. The molecule has 136 valence electrons. The van der Waals surface area contributed by atoms with Crippen molar-refractivity contribution in [3.05, 3.63) is 35.1 Å². The molecule has 1 aromatic heterocycles. The van der Waals surface area contributed by atoms with E-state index in [0.29, 0.717) is 12.4 Å². The first-order valence-electron chi connectivity index (χ1n) is 7.22. The molecule has 1 aromatic carbocycles. The molecule has 2 aromatic rings. The number of anilines is 4. The van der Waals surface area contributed by atoms with Crippen LogP contribution < -0.4 is 16.4 Å². The Hall–Kier alpha value is -2.26. The number of nitrogens with zero attached hydrogens (tertiary/aromatic N) is 2. The highest BCUT2D eigenvalue weighted by molar-refractivity contribution is 6.31. The van der Waals surface area contributed by atoms with Gasteiger partial charge in [0.15, 0.2) is 11.6 Å². The van der Waals surface area contributed by atoms with Crippen LogP contribution in [0, 0.1) is 0 Å². The molecule has 1 atom stereocenters. The second-order valence-electron chi connectivity index (χ2n) is 5.30. The van der Waals surface area contributed by atoms with Crippen LogP contribution in [0.3, 0.4) is 0 Å². The van der Waals surface area contributed by atoms with Gasteiger partial charge in [0, 0.05) is 18.8 Å². The first kappa shape index (κ1) is 19.1. The van der Waals surface area contributed by atoms with E-state index < -0.39 is 11.7 Å². The minimum absolute atomic E-state index is 0.0672. The van der Waals surface area contributed by atoms with Gasteiger partial charge in [-0.1, -0.05) is 11.6 Å². The predicted octanol–water partition coefficient (Wildman–Crippen LogP) is 3.92. The normalized spacial score (nSPS) is 12.7. The van der Waals surface area contributed by atoms with Gasteiger partial charge in [0.25, 0.3) is 0 Å². The van der Waals surface area contributed by atoms with Gasteiger partial charge in [-0.2, -0.15) is 13.2 Å². The Morgan fingerprint density at radius 1 is 1.28 bits per heavy atom. The summed E-state index contributed by atoms with van der Waals surface area (Å²) in [6.45, 7) is 2.30. The third kappa shape index (κ3) is 4.86. The van der Waals surface area contributed by atoms with E-state index >= 15 is 0 Å². The molecule has 0 bridgehead atoms. The smallest absolute Gasteiger partial charge is 0.393 e. The minimum atomic E-state index is -4.56. The van der Waals surface area contributed by atoms with Crippen LogP contribution in [-0.2, 0) is 10.9 Å². The lowest BCUT2D eigenvalue weighted by molar-refractivity contribution is -0.137. The van der Waals surface area contributed by atoms with Gasteiger partial charge < -0.3 is 21.1 Å². The molecule has 0 aliphatic carbocycles. The number of aromatic nitrogens is 2. The molecular formula is C15H17ClF3N5O. The molecule has 1 unspecified atom stereocenters. The summed E-state index contributed by atoms with van der Waals surface area (Å²) >= 11 is 5.61. The van der Waals surface area contributed by atoms with Gasteiger partial charge in [0.05, 0.1) is 17.2 Å². The Morgan fingerprint density at radius 3 is 2.60 bits per heavy atom. The Bertz CT molecular complexity index is 742. The summed E-state index contributed by atoms with van der Waals surface area (Å²) < 4.78 is 43.8. The number of benzene rings is 1. The molecule has 0 saturated heterocycles. The van der Waals surface area contributed by atoms with E-state index in [9.17, 15) is 13.2 Å². The van der Waals surface area contributed by atoms with Crippen molar-refractivity contribution < 1.29 is 17.9 Å². The molecule has 25 heavy (non-hydrogen) atoms. The summed E-state index contributed by atoms with van der Waals surface area (Å²) in [5.41, 5.74) is 5.37. The van der Waals surface area contributed by atoms with E-state index in [0.717, 1.165) is 12.1 Å². The Labute approximate surface area is 147 Å². The number of rotatable bonds is 6. The lowest BCUT2D eigenvalue weighted by Crippen LogP contribution is -2.22. The highest BCUT2D eigenvalue weighted by Gasteiger charge is 2.33. The number of nitrogens with one attached hydrogen (secondary N) is 2. The van der Waals surface area contributed by atoms with Crippen LogP contribution in [0.5, 0.6) is 0 Å². The molecule has 0 aliphatic rings. The number of nitrogens with two attached hydrogens (primary N) is 1. The predicted molar refractivity (Wildman–Crippen MR) is 91.1 cm³/mol. The summed E-state index contributed by atoms with van der Waals surface area (Å²) in [5, 5.41) is 5.41. The molecule has 0 saturated carbocycles. The summed E-state index contributed by atoms with van der Waals surface area (Å²) in [6, 6.07) is 3.39. The second kappa shape index (κ2) is 7.75. The van der Waals surface area contributed by atoms with Crippen LogP contribution in [0.4, 0.5) is 36.2 Å². The van der Waals surface area contributed by atoms with E-state index in [1.165, 1.54) is 12.4 Å². The number of halogens is 4. The van der Waals surface area contributed by atoms with Crippen LogP contribution in [-0.4, -0.2) is 29.7 Å². The number of methoxy groups -OCH3 is 1. The summed E-state index contributed by atoms with van der Waals surface area (Å²) in [7, 11) is 1.56. The van der Waals surface area contributed by atoms with Crippen LogP contribution in [0.25, 0.3) is 0 Å². The molecule has 10 heteroatoms. The fourth-order valence-electron chi connectivity index (χ4n) is 2.09. The van der Waals surface area contributed by atoms with Crippen molar-refractivity contribution >= 4 is 34.6 Å². The van der Waals surface area contributed by atoms with Crippen LogP contribution in [0.2, 0.25) is 5.02 Å². The quantitative estimate of drug-likeness (QED) is 0.709. The molecule has 0 fully saturated rings. The van der Waals surface area contributed by atoms with Gasteiger partial charge in [0.1, 0.15) is 12.0 Å². The molecule has 2 rings (SSSR count). The average molecular weight is 376 g/mol. The molecule has 0 amide bonds. The maximum Gasteiger partial charge on any atom is 0.417 e. The lowest BCUT2D eigenvalue weighted by atomic mass is 10.2. The van der Waals surface area contributed by atoms with Gasteiger partial charge >= 0.3 is 6.18 Å². The zero-order valence-corrected chi connectivity index (χ0v) is 14.2. The fraction of sp³-hybridized carbons (Fsp3) is 0.333. The van der Waals surface area contributed by atoms with Crippen molar-refractivity contribution in [2.45, 2.75) is 19.1 Å². The van der Waals surface area contributed by atoms with Gasteiger partial charge in [-0.3, -0.25) is 0 Å². The molecule has 0 spiro atoms. The van der Waals surface area contributed by atoms with Crippen LogP contribution >= 0.6 is 11.6 Å². The third-order valence-electron chi connectivity index (χ3n) is 3.22. The highest BCUT2D eigenvalue weighted by atomic mass is 35.5. The van der Waals surface area contributed by atoms with Gasteiger partial charge in [0.2, 0.25) is 0 Å². The van der Waals surface area contributed by atoms with Crippen LogP contribution in [0.15, 0.2) is 24.5 Å². The first-order chi connectivity index (χ1) is 11.7. The molecule has 6 nitrogen and oxygen atoms in total. The van der Waals surface area contributed by atoms with E-state index in [1.54, 1.807) is 7.11 Å². The van der Waals surface area contributed by atoms with Gasteiger partial charge in [-0.05, 0) is 25.1 Å². The highest BCUT2D eigenvalue weighted by Crippen LogP contribution is 2.37. The van der Waals surface area contributed by atoms with Gasteiger partial charge in [-0.25, -0.2) is 9.97 Å². The van der Waals surface area contributed by atoms with Crippen molar-refractivity contribution in [2.24, 2.45) is 0 Å². The fourth-order valence-corrected chi connectivity index (χ4v) is 2.32. The van der Waals surface area contributed by atoms with Crippen molar-refractivity contribution in [3.63, 3.8) is 0 Å². The molecule has 1 heterocycles. The van der Waals surface area contributed by atoms with E-state index in [2.05, 4.69) is 20.6 Å². The van der Waals surface area contributed by atoms with Crippen molar-refractivity contribution in [1.82, 2.24) is 9.97 Å². The monoisotopic (exact) mass is 375 g/mol. The molecule has 4 N–H and O–H groups in total. The SMILES string of the molecule is COCC(C)Nc1ncnc(Nc2ccc(Cl)c(C(F)(F)F)c2)c1N. The maximum absolute atomic E-state index is 12.9. The minimum Gasteiger partial charge on any atom is -0.393 e. The third-order valence-corrected chi connectivity index (χ3v) is 3.55. The van der Waals surface area contributed by atoms with E-state index in [-0.39, 0.29) is 28.3 Å². The molecule has 0 radical (unpaired) electrons. The van der Waals surface area contributed by atoms with Crippen molar-refractivity contribution in [2.75, 3.05) is 30.1 Å². The summed E-state index contributed by atoms with van der Waals surface area (Å²) in [4.78, 5) is 8.00. The standard InChI is InChI=1S/C15H17ClF3N5O/c1-8(6-25-2)23-13-12(20)14(22-7-21-13)24-9-3-4-11(16)10(5-9)15(17,18)19/h3-5,7-8H,6,20H2,1-2H3,(H2,21,22,23,24). The van der Waals surface area contributed by atoms with Crippen LogP contribution in [0.1, 0.15) is 12.5 Å². The summed E-state index contributed by atoms with van der Waals surface area (Å²) in [5.74, 6) is 0.532. The number of nitrogen functional groups attached to an aromatic ring is 1. The van der Waals surface area contributed by atoms with E-state index in [1.807, 2.05) is 6.92 Å². The van der Waals surface area contributed by atoms with Crippen molar-refractivity contribution in [3.8, 4) is 0 Å². The topological polar surface area (TPSA) is 85.1 Å². The maximum atomic E-state index is 12.9. The van der Waals surface area contributed by atoms with E-state index in [4.69, 9.17) is 22.1 Å². The number of hydrogen-bond acceptors (Lipinski definition) is 6. The molecule has 0 aliphatic heterocycles. The van der Waals surface area contributed by atoms with Gasteiger partial charge in [-0.15, -0.1) is 0 Å². The Kier molecular flexibility index (Phi) is 5.91. The molecular weight excluding hydrogens is 359 g/mol. The zero-order valence-electron chi connectivity index (χ0n) is 13.5. The average Bonchev–Trinajstić information content (AvgIpc) is 2.52. The number of ether oxygens (including phenoxy) is 1.